The van der Waals surface area contributed by atoms with Gasteiger partial charge >= 0.3 is 0 Å². The average molecular weight is 280 g/mol. The summed E-state index contributed by atoms with van der Waals surface area (Å²) in [6.45, 7) is 0.797. The number of aromatic nitrogens is 3. The van der Waals surface area contributed by atoms with E-state index in [1.54, 1.807) is 6.20 Å². The molecule has 1 aliphatic heterocycles. The van der Waals surface area contributed by atoms with E-state index >= 15 is 0 Å². The van der Waals surface area contributed by atoms with Gasteiger partial charge in [-0.3, -0.25) is 0 Å². The van der Waals surface area contributed by atoms with Crippen molar-refractivity contribution < 1.29 is 5.11 Å². The Morgan fingerprint density at radius 2 is 2.14 bits per heavy atom. The van der Waals surface area contributed by atoms with E-state index in [-0.39, 0.29) is 12.6 Å². The number of anilines is 1. The van der Waals surface area contributed by atoms with E-state index in [1.165, 1.54) is 11.3 Å². The number of pyridine rings is 1. The van der Waals surface area contributed by atoms with Crippen molar-refractivity contribution in [3.8, 4) is 0 Å². The molecule has 2 N–H and O–H groups in total. The Morgan fingerprint density at radius 3 is 3.00 bits per heavy atom. The van der Waals surface area contributed by atoms with Gasteiger partial charge in [0.15, 0.2) is 5.65 Å². The first-order valence-electron chi connectivity index (χ1n) is 7.10. The van der Waals surface area contributed by atoms with Crippen molar-refractivity contribution in [2.45, 2.75) is 19.0 Å². The molecule has 0 radical (unpaired) electrons. The summed E-state index contributed by atoms with van der Waals surface area (Å²) in [6, 6.07) is 12.3. The third-order valence-corrected chi connectivity index (χ3v) is 4.03. The molecule has 0 fully saturated rings. The molecule has 2 aromatic heterocycles. The predicted molar refractivity (Wildman–Crippen MR) is 81.1 cm³/mol. The molecule has 0 bridgehead atoms. The first kappa shape index (κ1) is 12.3. The number of rotatable bonds is 3. The van der Waals surface area contributed by atoms with E-state index in [0.29, 0.717) is 6.54 Å². The summed E-state index contributed by atoms with van der Waals surface area (Å²) >= 11 is 0. The maximum absolute atomic E-state index is 9.64. The number of hydrogen-bond acceptors (Lipinski definition) is 4. The van der Waals surface area contributed by atoms with Gasteiger partial charge in [-0.1, -0.05) is 18.2 Å². The highest BCUT2D eigenvalue weighted by atomic mass is 16.3. The van der Waals surface area contributed by atoms with Gasteiger partial charge in [0.25, 0.3) is 0 Å². The number of nitrogens with one attached hydrogen (secondary N) is 1. The van der Waals surface area contributed by atoms with E-state index < -0.39 is 0 Å². The second kappa shape index (κ2) is 4.86. The predicted octanol–water partition coefficient (Wildman–Crippen LogP) is 1.88. The minimum Gasteiger partial charge on any atom is -0.394 e. The smallest absolute Gasteiger partial charge is 0.177 e. The number of H-pyrrole nitrogens is 1. The van der Waals surface area contributed by atoms with E-state index in [0.717, 1.165) is 23.4 Å². The summed E-state index contributed by atoms with van der Waals surface area (Å²) in [7, 11) is 0. The summed E-state index contributed by atoms with van der Waals surface area (Å²) in [6.07, 6.45) is 2.62. The molecule has 106 valence electrons. The fourth-order valence-corrected chi connectivity index (χ4v) is 3.03. The maximum Gasteiger partial charge on any atom is 0.177 e. The summed E-state index contributed by atoms with van der Waals surface area (Å²) in [5, 5.41) is 9.64. The van der Waals surface area contributed by atoms with Gasteiger partial charge in [0.1, 0.15) is 5.82 Å². The molecule has 0 amide bonds. The lowest BCUT2D eigenvalue weighted by Gasteiger charge is -2.25. The summed E-state index contributed by atoms with van der Waals surface area (Å²) in [5.41, 5.74) is 4.15. The molecule has 0 saturated heterocycles. The topological polar surface area (TPSA) is 65.0 Å². The van der Waals surface area contributed by atoms with E-state index in [1.807, 2.05) is 24.3 Å². The van der Waals surface area contributed by atoms with Crippen LogP contribution in [0.5, 0.6) is 0 Å². The molecule has 5 nitrogen and oxygen atoms in total. The third kappa shape index (κ3) is 2.06. The normalized spacial score (nSPS) is 17.4. The minimum absolute atomic E-state index is 0.114. The van der Waals surface area contributed by atoms with Crippen LogP contribution in [-0.2, 0) is 13.0 Å². The van der Waals surface area contributed by atoms with Crippen molar-refractivity contribution in [1.29, 1.82) is 0 Å². The maximum atomic E-state index is 9.64. The number of fused-ring (bicyclic) bond motifs is 2. The number of hydrogen-bond donors (Lipinski definition) is 2. The highest BCUT2D eigenvalue weighted by Gasteiger charge is 2.28. The van der Waals surface area contributed by atoms with Crippen molar-refractivity contribution in [2.24, 2.45) is 0 Å². The van der Waals surface area contributed by atoms with Crippen molar-refractivity contribution >= 4 is 16.9 Å². The minimum atomic E-state index is 0.114. The molecule has 0 saturated carbocycles. The van der Waals surface area contributed by atoms with E-state index in [9.17, 15) is 5.11 Å². The highest BCUT2D eigenvalue weighted by molar-refractivity contribution is 5.70. The van der Waals surface area contributed by atoms with Gasteiger partial charge in [-0.05, 0) is 30.2 Å². The van der Waals surface area contributed by atoms with Crippen LogP contribution in [0.1, 0.15) is 11.4 Å². The molecule has 0 spiro atoms. The van der Waals surface area contributed by atoms with E-state index in [4.69, 9.17) is 0 Å². The lowest BCUT2D eigenvalue weighted by molar-refractivity contribution is 0.262. The van der Waals surface area contributed by atoms with Gasteiger partial charge in [-0.25, -0.2) is 9.97 Å². The Hall–Kier alpha value is -2.40. The number of aromatic amines is 1. The quantitative estimate of drug-likeness (QED) is 0.769. The van der Waals surface area contributed by atoms with Crippen LogP contribution in [0.3, 0.4) is 0 Å². The molecule has 5 heteroatoms. The number of para-hydroxylation sites is 1. The standard InChI is InChI=1S/C16H16N4O/c21-10-12-8-11-4-1-2-6-14(11)20(12)9-15-18-13-5-3-7-17-16(13)19-15/h1-7,12,21H,8-10H2,(H,17,18,19). The average Bonchev–Trinajstić information content (AvgIpc) is 3.08. The number of imidazole rings is 1. The fraction of sp³-hybridized carbons (Fsp3) is 0.250. The molecule has 21 heavy (non-hydrogen) atoms. The monoisotopic (exact) mass is 280 g/mol. The largest absolute Gasteiger partial charge is 0.394 e. The van der Waals surface area contributed by atoms with Gasteiger partial charge in [0.2, 0.25) is 0 Å². The number of nitrogens with zero attached hydrogens (tertiary/aromatic N) is 3. The zero-order chi connectivity index (χ0) is 14.2. The zero-order valence-electron chi connectivity index (χ0n) is 11.5. The lowest BCUT2D eigenvalue weighted by atomic mass is 10.1. The van der Waals surface area contributed by atoms with Crippen molar-refractivity contribution in [3.63, 3.8) is 0 Å². The number of aliphatic hydroxyl groups is 1. The molecule has 1 atom stereocenters. The van der Waals surface area contributed by atoms with Crippen LogP contribution in [0.2, 0.25) is 0 Å². The summed E-state index contributed by atoms with van der Waals surface area (Å²) in [5.74, 6) is 0.874. The molecule has 1 aromatic carbocycles. The molecular formula is C16H16N4O. The van der Waals surface area contributed by atoms with Crippen molar-refractivity contribution in [3.05, 3.63) is 54.0 Å². The van der Waals surface area contributed by atoms with Gasteiger partial charge < -0.3 is 15.0 Å². The molecule has 3 heterocycles. The van der Waals surface area contributed by atoms with Crippen LogP contribution in [-0.4, -0.2) is 32.7 Å². The first-order valence-corrected chi connectivity index (χ1v) is 7.10. The van der Waals surface area contributed by atoms with Crippen LogP contribution < -0.4 is 4.90 Å². The van der Waals surface area contributed by atoms with Gasteiger partial charge in [-0.2, -0.15) is 0 Å². The SMILES string of the molecule is OCC1Cc2ccccc2N1Cc1nc2ncccc2[nH]1. The second-order valence-electron chi connectivity index (χ2n) is 5.36. The summed E-state index contributed by atoms with van der Waals surface area (Å²) in [4.78, 5) is 14.3. The zero-order valence-corrected chi connectivity index (χ0v) is 11.5. The Labute approximate surface area is 122 Å². The molecule has 1 aliphatic rings. The fourth-order valence-electron chi connectivity index (χ4n) is 3.03. The summed E-state index contributed by atoms with van der Waals surface area (Å²) < 4.78 is 0. The van der Waals surface area contributed by atoms with Crippen LogP contribution in [0.4, 0.5) is 5.69 Å². The molecule has 4 rings (SSSR count). The number of aliphatic hydroxyl groups excluding tert-OH is 1. The number of benzene rings is 1. The Bertz CT molecular complexity index is 750. The van der Waals surface area contributed by atoms with Crippen molar-refractivity contribution in [2.75, 3.05) is 11.5 Å². The van der Waals surface area contributed by atoms with Crippen LogP contribution in [0.15, 0.2) is 42.6 Å². The highest BCUT2D eigenvalue weighted by Crippen LogP contribution is 2.32. The van der Waals surface area contributed by atoms with Crippen LogP contribution in [0.25, 0.3) is 11.2 Å². The molecular weight excluding hydrogens is 264 g/mol. The second-order valence-corrected chi connectivity index (χ2v) is 5.36. The molecule has 0 aliphatic carbocycles. The van der Waals surface area contributed by atoms with Gasteiger partial charge in [0, 0.05) is 11.9 Å². The van der Waals surface area contributed by atoms with Gasteiger partial charge in [-0.15, -0.1) is 0 Å². The van der Waals surface area contributed by atoms with E-state index in [2.05, 4.69) is 32.0 Å². The van der Waals surface area contributed by atoms with Crippen LogP contribution in [0, 0.1) is 0 Å². The first-order chi connectivity index (χ1) is 10.3. The lowest BCUT2D eigenvalue weighted by Crippen LogP contribution is -2.34. The van der Waals surface area contributed by atoms with Crippen LogP contribution >= 0.6 is 0 Å². The Kier molecular flexibility index (Phi) is 2.86. The molecule has 3 aromatic rings. The Balaban J connectivity index is 1.68. The molecule has 1 unspecified atom stereocenters. The third-order valence-electron chi connectivity index (χ3n) is 4.03. The van der Waals surface area contributed by atoms with Crippen molar-refractivity contribution in [1.82, 2.24) is 15.0 Å². The van der Waals surface area contributed by atoms with Gasteiger partial charge in [0.05, 0.1) is 24.7 Å². The Morgan fingerprint density at radius 1 is 1.24 bits per heavy atom.